The van der Waals surface area contributed by atoms with Crippen LogP contribution in [0.25, 0.3) is 0 Å². The number of sulfone groups is 1. The van der Waals surface area contributed by atoms with Crippen molar-refractivity contribution in [2.75, 3.05) is 12.3 Å². The van der Waals surface area contributed by atoms with Gasteiger partial charge < -0.3 is 5.32 Å². The molecule has 1 heterocycles. The third-order valence-electron chi connectivity index (χ3n) is 4.19. The Kier molecular flexibility index (Phi) is 5.38. The van der Waals surface area contributed by atoms with Crippen molar-refractivity contribution in [1.82, 2.24) is 5.32 Å². The van der Waals surface area contributed by atoms with Crippen molar-refractivity contribution in [2.24, 2.45) is 0 Å². The molecule has 1 saturated heterocycles. The molecule has 0 radical (unpaired) electrons. The second-order valence-electron chi connectivity index (χ2n) is 5.83. The lowest BCUT2D eigenvalue weighted by atomic mass is 9.95. The molecule has 118 valence electrons. The number of hydrogen-bond donors (Lipinski definition) is 1. The molecule has 2 rings (SSSR count). The summed E-state index contributed by atoms with van der Waals surface area (Å²) < 4.78 is 38.5. The van der Waals surface area contributed by atoms with Crippen molar-refractivity contribution in [1.29, 1.82) is 0 Å². The maximum atomic E-state index is 13.6. The van der Waals surface area contributed by atoms with Crippen LogP contribution in [-0.2, 0) is 9.84 Å². The fourth-order valence-corrected chi connectivity index (χ4v) is 5.13. The van der Waals surface area contributed by atoms with Gasteiger partial charge in [0.2, 0.25) is 0 Å². The van der Waals surface area contributed by atoms with Gasteiger partial charge >= 0.3 is 0 Å². The number of hydrogen-bond acceptors (Lipinski definition) is 3. The summed E-state index contributed by atoms with van der Waals surface area (Å²) in [6.07, 6.45) is 3.22. The zero-order valence-corrected chi connectivity index (χ0v) is 13.5. The van der Waals surface area contributed by atoms with Crippen molar-refractivity contribution >= 4 is 9.84 Å². The van der Waals surface area contributed by atoms with Gasteiger partial charge in [-0.15, -0.1) is 0 Å². The van der Waals surface area contributed by atoms with Crippen molar-refractivity contribution in [3.63, 3.8) is 0 Å². The van der Waals surface area contributed by atoms with Crippen molar-refractivity contribution in [2.45, 2.75) is 50.8 Å². The molecule has 1 aromatic carbocycles. The Hall–Kier alpha value is -0.940. The van der Waals surface area contributed by atoms with Gasteiger partial charge in [-0.1, -0.05) is 19.4 Å². The van der Waals surface area contributed by atoms with E-state index in [0.29, 0.717) is 6.42 Å². The zero-order chi connectivity index (χ0) is 15.5. The molecule has 3 nitrogen and oxygen atoms in total. The van der Waals surface area contributed by atoms with Gasteiger partial charge in [0.25, 0.3) is 0 Å². The number of rotatable bonds is 5. The van der Waals surface area contributed by atoms with E-state index < -0.39 is 15.1 Å². The van der Waals surface area contributed by atoms with Gasteiger partial charge in [0.15, 0.2) is 9.84 Å². The largest absolute Gasteiger partial charge is 0.309 e. The molecule has 0 aliphatic carbocycles. The number of nitrogens with one attached hydrogen (secondary N) is 1. The van der Waals surface area contributed by atoms with Crippen LogP contribution in [0, 0.1) is 12.7 Å². The van der Waals surface area contributed by atoms with Gasteiger partial charge in [0.1, 0.15) is 5.82 Å². The monoisotopic (exact) mass is 313 g/mol. The second kappa shape index (κ2) is 6.88. The summed E-state index contributed by atoms with van der Waals surface area (Å²) in [6.45, 7) is 4.68. The Bertz CT molecular complexity index is 586. The van der Waals surface area contributed by atoms with E-state index in [1.54, 1.807) is 6.07 Å². The van der Waals surface area contributed by atoms with Crippen LogP contribution in [0.1, 0.15) is 49.8 Å². The molecule has 1 aromatic rings. The Labute approximate surface area is 126 Å². The van der Waals surface area contributed by atoms with E-state index in [1.165, 1.54) is 12.1 Å². The zero-order valence-electron chi connectivity index (χ0n) is 12.7. The molecule has 2 unspecified atom stereocenters. The van der Waals surface area contributed by atoms with Crippen LogP contribution in [0.5, 0.6) is 0 Å². The van der Waals surface area contributed by atoms with E-state index in [4.69, 9.17) is 0 Å². The molecule has 0 spiro atoms. The van der Waals surface area contributed by atoms with E-state index in [2.05, 4.69) is 5.32 Å². The highest BCUT2D eigenvalue weighted by molar-refractivity contribution is 7.92. The van der Waals surface area contributed by atoms with Gasteiger partial charge in [-0.3, -0.25) is 0 Å². The molecule has 0 bridgehead atoms. The van der Waals surface area contributed by atoms with Gasteiger partial charge in [-0.25, -0.2) is 12.8 Å². The summed E-state index contributed by atoms with van der Waals surface area (Å²) in [6, 6.07) is 4.31. The first-order valence-electron chi connectivity index (χ1n) is 7.66. The van der Waals surface area contributed by atoms with Gasteiger partial charge in [-0.2, -0.15) is 0 Å². The third-order valence-corrected chi connectivity index (χ3v) is 6.48. The average Bonchev–Trinajstić information content (AvgIpc) is 2.44. The Morgan fingerprint density at radius 1 is 1.38 bits per heavy atom. The lowest BCUT2D eigenvalue weighted by Crippen LogP contribution is -2.41. The fraction of sp³-hybridized carbons (Fsp3) is 0.625. The molecule has 5 heteroatoms. The Balaban J connectivity index is 2.40. The van der Waals surface area contributed by atoms with Gasteiger partial charge in [0, 0.05) is 6.04 Å². The molecule has 0 amide bonds. The van der Waals surface area contributed by atoms with Crippen LogP contribution >= 0.6 is 0 Å². The molecule has 1 aliphatic rings. The quantitative estimate of drug-likeness (QED) is 0.908. The SMILES string of the molecule is CCCNC(c1cc(F)ccc1C)C1CCCCS1(=O)=O. The molecular formula is C16H24FNO2S. The lowest BCUT2D eigenvalue weighted by molar-refractivity contribution is 0.443. The highest BCUT2D eigenvalue weighted by Crippen LogP contribution is 2.32. The first kappa shape index (κ1) is 16.4. The summed E-state index contributed by atoms with van der Waals surface area (Å²) in [7, 11) is -3.12. The summed E-state index contributed by atoms with van der Waals surface area (Å²) in [5, 5.41) is 2.89. The number of aryl methyl sites for hydroxylation is 1. The van der Waals surface area contributed by atoms with Crippen LogP contribution in [0.2, 0.25) is 0 Å². The first-order chi connectivity index (χ1) is 9.95. The average molecular weight is 313 g/mol. The van der Waals surface area contributed by atoms with E-state index in [-0.39, 0.29) is 17.6 Å². The molecule has 21 heavy (non-hydrogen) atoms. The second-order valence-corrected chi connectivity index (χ2v) is 8.17. The summed E-state index contributed by atoms with van der Waals surface area (Å²) in [4.78, 5) is 0. The smallest absolute Gasteiger partial charge is 0.155 e. The molecule has 1 fully saturated rings. The highest BCUT2D eigenvalue weighted by atomic mass is 32.2. The number of benzene rings is 1. The van der Waals surface area contributed by atoms with Crippen LogP contribution < -0.4 is 5.32 Å². The fourth-order valence-electron chi connectivity index (χ4n) is 3.04. The minimum absolute atomic E-state index is 0.246. The summed E-state index contributed by atoms with van der Waals surface area (Å²) in [5.41, 5.74) is 1.71. The van der Waals surface area contributed by atoms with E-state index >= 15 is 0 Å². The third kappa shape index (κ3) is 3.83. The first-order valence-corrected chi connectivity index (χ1v) is 9.38. The van der Waals surface area contributed by atoms with E-state index in [0.717, 1.165) is 36.9 Å². The Morgan fingerprint density at radius 3 is 2.81 bits per heavy atom. The topological polar surface area (TPSA) is 46.2 Å². The van der Waals surface area contributed by atoms with Crippen molar-refractivity contribution in [3.8, 4) is 0 Å². The van der Waals surface area contributed by atoms with Crippen LogP contribution in [0.15, 0.2) is 18.2 Å². The van der Waals surface area contributed by atoms with Gasteiger partial charge in [0.05, 0.1) is 11.0 Å². The van der Waals surface area contributed by atoms with Crippen molar-refractivity contribution in [3.05, 3.63) is 35.1 Å². The van der Waals surface area contributed by atoms with Gasteiger partial charge in [-0.05, 0) is 56.0 Å². The predicted molar refractivity (Wildman–Crippen MR) is 83.6 cm³/mol. The Morgan fingerprint density at radius 2 is 2.14 bits per heavy atom. The normalized spacial score (nSPS) is 22.9. The molecular weight excluding hydrogens is 289 g/mol. The maximum Gasteiger partial charge on any atom is 0.155 e. The molecule has 1 N–H and O–H groups in total. The minimum Gasteiger partial charge on any atom is -0.309 e. The molecule has 0 saturated carbocycles. The highest BCUT2D eigenvalue weighted by Gasteiger charge is 2.36. The standard InChI is InChI=1S/C16H24FNO2S/c1-3-9-18-16(14-11-13(17)8-7-12(14)2)15-6-4-5-10-21(15,19)20/h7-8,11,15-16,18H,3-6,9-10H2,1-2H3. The summed E-state index contributed by atoms with van der Waals surface area (Å²) >= 11 is 0. The minimum atomic E-state index is -3.12. The van der Waals surface area contributed by atoms with E-state index in [9.17, 15) is 12.8 Å². The predicted octanol–water partition coefficient (Wildman–Crippen LogP) is 3.14. The van der Waals surface area contributed by atoms with Crippen LogP contribution in [0.4, 0.5) is 4.39 Å². The van der Waals surface area contributed by atoms with Crippen LogP contribution in [-0.4, -0.2) is 26.0 Å². The summed E-state index contributed by atoms with van der Waals surface area (Å²) in [5.74, 6) is -0.0665. The lowest BCUT2D eigenvalue weighted by Gasteiger charge is -2.32. The molecule has 1 aliphatic heterocycles. The maximum absolute atomic E-state index is 13.6. The molecule has 2 atom stereocenters. The van der Waals surface area contributed by atoms with E-state index in [1.807, 2.05) is 13.8 Å². The van der Waals surface area contributed by atoms with Crippen LogP contribution in [0.3, 0.4) is 0 Å². The number of halogens is 1. The molecule has 0 aromatic heterocycles. The van der Waals surface area contributed by atoms with Crippen molar-refractivity contribution < 1.29 is 12.8 Å².